The van der Waals surface area contributed by atoms with Crippen molar-refractivity contribution in [1.29, 1.82) is 0 Å². The fourth-order valence-corrected chi connectivity index (χ4v) is 1.29. The van der Waals surface area contributed by atoms with Crippen LogP contribution in [-0.4, -0.2) is 36.0 Å². The molecule has 0 fully saturated rings. The topological polar surface area (TPSA) is 55.0 Å². The van der Waals surface area contributed by atoms with E-state index in [2.05, 4.69) is 10.2 Å². The normalized spacial score (nSPS) is 12.6. The fourth-order valence-electron chi connectivity index (χ4n) is 1.29. The first-order valence-corrected chi connectivity index (χ1v) is 5.06. The van der Waals surface area contributed by atoms with E-state index in [1.54, 1.807) is 0 Å². The molecule has 0 unspecified atom stereocenters. The van der Waals surface area contributed by atoms with Gasteiger partial charge in [0.2, 0.25) is 0 Å². The van der Waals surface area contributed by atoms with Crippen LogP contribution in [0.4, 0.5) is 32.2 Å². The van der Waals surface area contributed by atoms with Crippen LogP contribution >= 0.6 is 0 Å². The quantitative estimate of drug-likeness (QED) is 0.859. The van der Waals surface area contributed by atoms with Gasteiger partial charge >= 0.3 is 12.4 Å². The van der Waals surface area contributed by atoms with Gasteiger partial charge in [0.1, 0.15) is 6.54 Å². The third kappa shape index (κ3) is 4.89. The van der Waals surface area contributed by atoms with Crippen molar-refractivity contribution in [2.24, 2.45) is 5.73 Å². The molecule has 1 rings (SSSR count). The molecule has 2 N–H and O–H groups in total. The molecule has 19 heavy (non-hydrogen) atoms. The molecule has 0 saturated carbocycles. The molecule has 0 amide bonds. The average molecular weight is 288 g/mol. The molecular formula is C9H10F6N4. The van der Waals surface area contributed by atoms with Gasteiger partial charge in [-0.05, 0) is 12.1 Å². The first-order chi connectivity index (χ1) is 8.63. The first-order valence-electron chi connectivity index (χ1n) is 5.06. The van der Waals surface area contributed by atoms with E-state index in [-0.39, 0.29) is 18.9 Å². The van der Waals surface area contributed by atoms with Crippen LogP contribution in [0, 0.1) is 0 Å². The molecule has 0 atom stereocenters. The van der Waals surface area contributed by atoms with Gasteiger partial charge in [-0.3, -0.25) is 0 Å². The van der Waals surface area contributed by atoms with Gasteiger partial charge in [0.05, 0.1) is 0 Å². The summed E-state index contributed by atoms with van der Waals surface area (Å²) in [6, 6.07) is 1.40. The molecule has 1 aromatic rings. The highest BCUT2D eigenvalue weighted by Gasteiger charge is 2.34. The van der Waals surface area contributed by atoms with E-state index in [1.807, 2.05) is 0 Å². The third-order valence-corrected chi connectivity index (χ3v) is 2.03. The second-order valence-corrected chi connectivity index (χ2v) is 3.60. The lowest BCUT2D eigenvalue weighted by molar-refractivity contribution is -0.141. The maximum absolute atomic E-state index is 12.3. The van der Waals surface area contributed by atoms with Crippen molar-refractivity contribution in [2.45, 2.75) is 12.4 Å². The van der Waals surface area contributed by atoms with Crippen LogP contribution < -0.4 is 10.6 Å². The van der Waals surface area contributed by atoms with Crippen molar-refractivity contribution in [3.05, 3.63) is 17.8 Å². The summed E-state index contributed by atoms with van der Waals surface area (Å²) in [6.07, 6.45) is -9.20. The highest BCUT2D eigenvalue weighted by Crippen LogP contribution is 2.28. The third-order valence-electron chi connectivity index (χ3n) is 2.03. The van der Waals surface area contributed by atoms with E-state index < -0.39 is 24.6 Å². The van der Waals surface area contributed by atoms with E-state index in [0.29, 0.717) is 11.0 Å². The molecule has 10 heteroatoms. The van der Waals surface area contributed by atoms with E-state index in [4.69, 9.17) is 5.73 Å². The first kappa shape index (κ1) is 15.5. The number of nitrogens with two attached hydrogens (primary N) is 1. The molecule has 108 valence electrons. The van der Waals surface area contributed by atoms with Crippen molar-refractivity contribution in [3.63, 3.8) is 0 Å². The molecule has 0 radical (unpaired) electrons. The summed E-state index contributed by atoms with van der Waals surface area (Å²) in [5.74, 6) is -0.309. The number of alkyl halides is 6. The highest BCUT2D eigenvalue weighted by molar-refractivity contribution is 5.37. The lowest BCUT2D eigenvalue weighted by Crippen LogP contribution is -2.38. The van der Waals surface area contributed by atoms with Crippen LogP contribution in [-0.2, 0) is 6.18 Å². The Hall–Kier alpha value is -1.58. The van der Waals surface area contributed by atoms with E-state index in [1.165, 1.54) is 0 Å². The zero-order chi connectivity index (χ0) is 14.7. The van der Waals surface area contributed by atoms with Crippen molar-refractivity contribution < 1.29 is 26.3 Å². The molecule has 4 nitrogen and oxygen atoms in total. The smallest absolute Gasteiger partial charge is 0.345 e. The maximum Gasteiger partial charge on any atom is 0.435 e. The van der Waals surface area contributed by atoms with E-state index in [9.17, 15) is 26.3 Å². The van der Waals surface area contributed by atoms with Gasteiger partial charge in [0.25, 0.3) is 0 Å². The molecule has 0 bridgehead atoms. The summed E-state index contributed by atoms with van der Waals surface area (Å²) in [5, 5.41) is 6.01. The number of nitrogens with zero attached hydrogens (tertiary/aromatic N) is 3. The molecule has 0 aliphatic carbocycles. The molecule has 1 aromatic heterocycles. The second kappa shape index (κ2) is 5.59. The molecule has 0 saturated heterocycles. The molecule has 0 aliphatic rings. The standard InChI is InChI=1S/C9H10F6N4/c10-8(11,12)5-19(4-3-16)7-2-1-6(17-18-7)9(13,14)15/h1-2H,3-5,16H2. The van der Waals surface area contributed by atoms with Crippen molar-refractivity contribution in [3.8, 4) is 0 Å². The Morgan fingerprint density at radius 2 is 1.68 bits per heavy atom. The molecule has 1 heterocycles. The number of anilines is 1. The summed E-state index contributed by atoms with van der Waals surface area (Å²) < 4.78 is 73.5. The summed E-state index contributed by atoms with van der Waals surface area (Å²) in [6.45, 7) is -1.65. The van der Waals surface area contributed by atoms with E-state index >= 15 is 0 Å². The second-order valence-electron chi connectivity index (χ2n) is 3.60. The van der Waals surface area contributed by atoms with Crippen molar-refractivity contribution >= 4 is 5.82 Å². The predicted octanol–water partition coefficient (Wildman–Crippen LogP) is 1.82. The van der Waals surface area contributed by atoms with Crippen molar-refractivity contribution in [1.82, 2.24) is 10.2 Å². The lowest BCUT2D eigenvalue weighted by atomic mass is 10.3. The Labute approximate surface area is 104 Å². The highest BCUT2D eigenvalue weighted by atomic mass is 19.4. The average Bonchev–Trinajstić information content (AvgIpc) is 2.26. The zero-order valence-electron chi connectivity index (χ0n) is 9.46. The van der Waals surface area contributed by atoms with Crippen LogP contribution in [0.2, 0.25) is 0 Å². The summed E-state index contributed by atoms with van der Waals surface area (Å²) in [5.41, 5.74) is 3.88. The Kier molecular flexibility index (Phi) is 4.56. The van der Waals surface area contributed by atoms with Gasteiger partial charge in [-0.15, -0.1) is 10.2 Å². The van der Waals surface area contributed by atoms with Gasteiger partial charge in [0.15, 0.2) is 11.5 Å². The summed E-state index contributed by atoms with van der Waals surface area (Å²) in [4.78, 5) is 0.715. The SMILES string of the molecule is NCCN(CC(F)(F)F)c1ccc(C(F)(F)F)nn1. The Morgan fingerprint density at radius 3 is 2.05 bits per heavy atom. The Balaban J connectivity index is 2.91. The van der Waals surface area contributed by atoms with Gasteiger partial charge in [0, 0.05) is 13.1 Å². The molecular weight excluding hydrogens is 278 g/mol. The maximum atomic E-state index is 12.3. The minimum atomic E-state index is -4.69. The Bertz CT molecular complexity index is 399. The van der Waals surface area contributed by atoms with Crippen LogP contribution in [0.5, 0.6) is 0 Å². The number of hydrogen-bond donors (Lipinski definition) is 1. The van der Waals surface area contributed by atoms with Gasteiger partial charge in [-0.25, -0.2) is 0 Å². The largest absolute Gasteiger partial charge is 0.435 e. The van der Waals surface area contributed by atoms with Gasteiger partial charge < -0.3 is 10.6 Å². The Morgan fingerprint density at radius 1 is 1.05 bits per heavy atom. The van der Waals surface area contributed by atoms with Gasteiger partial charge in [-0.1, -0.05) is 0 Å². The summed E-state index contributed by atoms with van der Waals surface area (Å²) >= 11 is 0. The minimum absolute atomic E-state index is 0.0984. The molecule has 0 aliphatic heterocycles. The number of halogens is 6. The van der Waals surface area contributed by atoms with Gasteiger partial charge in [-0.2, -0.15) is 26.3 Å². The predicted molar refractivity (Wildman–Crippen MR) is 54.4 cm³/mol. The molecule has 0 spiro atoms. The lowest BCUT2D eigenvalue weighted by Gasteiger charge is -2.23. The summed E-state index contributed by atoms with van der Waals surface area (Å²) in [7, 11) is 0. The fraction of sp³-hybridized carbons (Fsp3) is 0.556. The van der Waals surface area contributed by atoms with Crippen molar-refractivity contribution in [2.75, 3.05) is 24.5 Å². The number of aromatic nitrogens is 2. The monoisotopic (exact) mass is 288 g/mol. The van der Waals surface area contributed by atoms with Crippen LogP contribution in [0.1, 0.15) is 5.69 Å². The van der Waals surface area contributed by atoms with Crippen LogP contribution in [0.3, 0.4) is 0 Å². The number of hydrogen-bond acceptors (Lipinski definition) is 4. The molecule has 0 aromatic carbocycles. The van der Waals surface area contributed by atoms with E-state index in [0.717, 1.165) is 6.07 Å². The van der Waals surface area contributed by atoms with Crippen LogP contribution in [0.15, 0.2) is 12.1 Å². The minimum Gasteiger partial charge on any atom is -0.345 e. The zero-order valence-corrected chi connectivity index (χ0v) is 9.46. The van der Waals surface area contributed by atoms with Crippen LogP contribution in [0.25, 0.3) is 0 Å². The number of rotatable bonds is 4.